The molecule has 0 saturated carbocycles. The normalized spacial score (nSPS) is 8.00. The van der Waals surface area contributed by atoms with Crippen LogP contribution >= 0.6 is 0 Å². The molecule has 0 aliphatic carbocycles. The Hall–Kier alpha value is -1.44. The van der Waals surface area contributed by atoms with Crippen LogP contribution in [0.15, 0.2) is 36.9 Å². The number of aromatic nitrogens is 2. The van der Waals surface area contributed by atoms with Gasteiger partial charge in [-0.15, -0.1) is 0 Å². The standard InChI is InChI=1S/C8H6N2.2C2H6/c1-3-9-5-8-6-10-4-2-7(1)8;2*1-2/h1-6H;2*1-2H3. The van der Waals surface area contributed by atoms with Crippen molar-refractivity contribution >= 4 is 10.8 Å². The molecule has 0 N–H and O–H groups in total. The molecule has 76 valence electrons. The molecule has 0 atom stereocenters. The minimum Gasteiger partial charge on any atom is -0.264 e. The highest BCUT2D eigenvalue weighted by atomic mass is 14.6. The van der Waals surface area contributed by atoms with Gasteiger partial charge in [0.15, 0.2) is 0 Å². The van der Waals surface area contributed by atoms with E-state index in [1.807, 2.05) is 52.2 Å². The van der Waals surface area contributed by atoms with Crippen molar-refractivity contribution in [3.05, 3.63) is 36.9 Å². The maximum Gasteiger partial charge on any atom is 0.0361 e. The number of fused-ring (bicyclic) bond motifs is 1. The molecule has 0 fully saturated rings. The Morgan fingerprint density at radius 1 is 0.714 bits per heavy atom. The smallest absolute Gasteiger partial charge is 0.0361 e. The van der Waals surface area contributed by atoms with Gasteiger partial charge in [0.25, 0.3) is 0 Å². The molecular formula is C12H18N2. The summed E-state index contributed by atoms with van der Waals surface area (Å²) in [6, 6.07) is 3.94. The Labute approximate surface area is 86.0 Å². The van der Waals surface area contributed by atoms with E-state index in [4.69, 9.17) is 0 Å². The Morgan fingerprint density at radius 2 is 1.14 bits per heavy atom. The zero-order valence-electron chi connectivity index (χ0n) is 9.36. The van der Waals surface area contributed by atoms with Gasteiger partial charge in [-0.3, -0.25) is 9.97 Å². The zero-order valence-corrected chi connectivity index (χ0v) is 9.36. The summed E-state index contributed by atoms with van der Waals surface area (Å²) >= 11 is 0. The van der Waals surface area contributed by atoms with Gasteiger partial charge in [-0.25, -0.2) is 0 Å². The second kappa shape index (κ2) is 8.17. The Bertz CT molecular complexity index is 279. The summed E-state index contributed by atoms with van der Waals surface area (Å²) in [4.78, 5) is 7.95. The summed E-state index contributed by atoms with van der Waals surface area (Å²) in [6.45, 7) is 8.00. The first-order chi connectivity index (χ1) is 6.97. The van der Waals surface area contributed by atoms with Crippen molar-refractivity contribution in [1.29, 1.82) is 0 Å². The average Bonchev–Trinajstić information content (AvgIpc) is 2.34. The Morgan fingerprint density at radius 3 is 1.50 bits per heavy atom. The number of nitrogens with zero attached hydrogens (tertiary/aromatic N) is 2. The topological polar surface area (TPSA) is 25.8 Å². The van der Waals surface area contributed by atoms with Crippen LogP contribution in [0.2, 0.25) is 0 Å². The van der Waals surface area contributed by atoms with Crippen molar-refractivity contribution in [2.24, 2.45) is 0 Å². The first-order valence-corrected chi connectivity index (χ1v) is 5.10. The third-order valence-corrected chi connectivity index (χ3v) is 1.44. The van der Waals surface area contributed by atoms with E-state index in [0.717, 1.165) is 5.39 Å². The van der Waals surface area contributed by atoms with E-state index in [1.54, 1.807) is 12.4 Å². The highest BCUT2D eigenvalue weighted by Gasteiger charge is 1.87. The van der Waals surface area contributed by atoms with Crippen molar-refractivity contribution in [3.8, 4) is 0 Å². The first kappa shape index (κ1) is 12.6. The summed E-state index contributed by atoms with van der Waals surface area (Å²) in [5, 5.41) is 2.27. The summed E-state index contributed by atoms with van der Waals surface area (Å²) in [6.07, 6.45) is 7.18. The molecule has 0 bridgehead atoms. The monoisotopic (exact) mass is 190 g/mol. The third-order valence-electron chi connectivity index (χ3n) is 1.44. The molecule has 14 heavy (non-hydrogen) atoms. The Balaban J connectivity index is 0.000000379. The van der Waals surface area contributed by atoms with Gasteiger partial charge < -0.3 is 0 Å². The minimum atomic E-state index is 1.09. The van der Waals surface area contributed by atoms with Gasteiger partial charge in [-0.2, -0.15) is 0 Å². The Kier molecular flexibility index (Phi) is 7.33. The molecule has 0 aliphatic heterocycles. The number of hydrogen-bond acceptors (Lipinski definition) is 2. The SMILES string of the molecule is CC.CC.c1cc2ccncc2cn1. The molecule has 2 heteroatoms. The van der Waals surface area contributed by atoms with Gasteiger partial charge in [0, 0.05) is 30.2 Å². The van der Waals surface area contributed by atoms with E-state index in [1.165, 1.54) is 5.39 Å². The molecule has 0 saturated heterocycles. The summed E-state index contributed by atoms with van der Waals surface area (Å²) in [7, 11) is 0. The second-order valence-corrected chi connectivity index (χ2v) is 2.10. The zero-order chi connectivity index (χ0) is 10.8. The van der Waals surface area contributed by atoms with Gasteiger partial charge in [0.1, 0.15) is 0 Å². The van der Waals surface area contributed by atoms with Crippen molar-refractivity contribution in [2.45, 2.75) is 27.7 Å². The van der Waals surface area contributed by atoms with Crippen LogP contribution < -0.4 is 0 Å². The summed E-state index contributed by atoms with van der Waals surface area (Å²) in [5.74, 6) is 0. The van der Waals surface area contributed by atoms with Crippen LogP contribution in [0.25, 0.3) is 10.8 Å². The molecule has 0 aliphatic rings. The number of hydrogen-bond donors (Lipinski definition) is 0. The molecule has 2 heterocycles. The van der Waals surface area contributed by atoms with Crippen molar-refractivity contribution < 1.29 is 0 Å². The molecule has 2 rings (SSSR count). The van der Waals surface area contributed by atoms with Crippen LogP contribution in [-0.4, -0.2) is 9.97 Å². The molecule has 0 amide bonds. The maximum absolute atomic E-state index is 3.97. The van der Waals surface area contributed by atoms with E-state index in [-0.39, 0.29) is 0 Å². The fourth-order valence-corrected chi connectivity index (χ4v) is 0.924. The first-order valence-electron chi connectivity index (χ1n) is 5.10. The quantitative estimate of drug-likeness (QED) is 0.633. The highest BCUT2D eigenvalue weighted by molar-refractivity contribution is 5.79. The third kappa shape index (κ3) is 3.52. The number of rotatable bonds is 0. The van der Waals surface area contributed by atoms with E-state index < -0.39 is 0 Å². The van der Waals surface area contributed by atoms with Crippen LogP contribution in [0.1, 0.15) is 27.7 Å². The van der Waals surface area contributed by atoms with E-state index >= 15 is 0 Å². The maximum atomic E-state index is 3.97. The fraction of sp³-hybridized carbons (Fsp3) is 0.333. The lowest BCUT2D eigenvalue weighted by Gasteiger charge is -1.91. The van der Waals surface area contributed by atoms with E-state index in [2.05, 4.69) is 9.97 Å². The molecule has 0 unspecified atom stereocenters. The van der Waals surface area contributed by atoms with Crippen molar-refractivity contribution in [2.75, 3.05) is 0 Å². The molecule has 2 aromatic rings. The van der Waals surface area contributed by atoms with Crippen molar-refractivity contribution in [3.63, 3.8) is 0 Å². The van der Waals surface area contributed by atoms with Crippen LogP contribution in [-0.2, 0) is 0 Å². The van der Waals surface area contributed by atoms with Crippen LogP contribution in [0.3, 0.4) is 0 Å². The largest absolute Gasteiger partial charge is 0.264 e. The molecule has 0 aromatic carbocycles. The van der Waals surface area contributed by atoms with Crippen molar-refractivity contribution in [1.82, 2.24) is 9.97 Å². The molecule has 2 aromatic heterocycles. The molecule has 2 nitrogen and oxygen atoms in total. The lowest BCUT2D eigenvalue weighted by molar-refractivity contribution is 1.32. The second-order valence-electron chi connectivity index (χ2n) is 2.10. The highest BCUT2D eigenvalue weighted by Crippen LogP contribution is 2.07. The van der Waals surface area contributed by atoms with Gasteiger partial charge in [0.2, 0.25) is 0 Å². The van der Waals surface area contributed by atoms with Gasteiger partial charge in [-0.05, 0) is 17.5 Å². The van der Waals surface area contributed by atoms with Gasteiger partial charge in [0.05, 0.1) is 0 Å². The molecule has 0 radical (unpaired) electrons. The van der Waals surface area contributed by atoms with Crippen LogP contribution in [0, 0.1) is 0 Å². The van der Waals surface area contributed by atoms with E-state index in [9.17, 15) is 0 Å². The lowest BCUT2D eigenvalue weighted by Crippen LogP contribution is -1.74. The average molecular weight is 190 g/mol. The van der Waals surface area contributed by atoms with Crippen LogP contribution in [0.5, 0.6) is 0 Å². The summed E-state index contributed by atoms with van der Waals surface area (Å²) < 4.78 is 0. The van der Waals surface area contributed by atoms with Crippen LogP contribution in [0.4, 0.5) is 0 Å². The predicted octanol–water partition coefficient (Wildman–Crippen LogP) is 3.68. The molecular weight excluding hydrogens is 172 g/mol. The fourth-order valence-electron chi connectivity index (χ4n) is 0.924. The van der Waals surface area contributed by atoms with Gasteiger partial charge >= 0.3 is 0 Å². The molecule has 0 spiro atoms. The summed E-state index contributed by atoms with van der Waals surface area (Å²) in [5.41, 5.74) is 0. The minimum absolute atomic E-state index is 1.09. The lowest BCUT2D eigenvalue weighted by atomic mass is 10.2. The van der Waals surface area contributed by atoms with E-state index in [0.29, 0.717) is 0 Å². The predicted molar refractivity (Wildman–Crippen MR) is 62.2 cm³/mol. The number of pyridine rings is 2. The van der Waals surface area contributed by atoms with Gasteiger partial charge in [-0.1, -0.05) is 27.7 Å².